The monoisotopic (exact) mass is 406 g/mol. The Morgan fingerprint density at radius 1 is 0.929 bits per heavy atom. The number of aliphatic hydroxyl groups is 1. The van der Waals surface area contributed by atoms with Gasteiger partial charge in [-0.3, -0.25) is 0 Å². The summed E-state index contributed by atoms with van der Waals surface area (Å²) in [5, 5.41) is 10.4. The van der Waals surface area contributed by atoms with E-state index in [0.29, 0.717) is 10.8 Å². The first kappa shape index (κ1) is 21.5. The van der Waals surface area contributed by atoms with Gasteiger partial charge >= 0.3 is 0 Å². The Balaban J connectivity index is 1.47. The van der Waals surface area contributed by atoms with Crippen molar-refractivity contribution in [3.8, 4) is 0 Å². The van der Waals surface area contributed by atoms with Crippen LogP contribution >= 0.6 is 11.8 Å². The lowest BCUT2D eigenvalue weighted by atomic mass is 9.46. The van der Waals surface area contributed by atoms with Crippen molar-refractivity contribution in [3.05, 3.63) is 0 Å². The van der Waals surface area contributed by atoms with Crippen LogP contribution in [0.25, 0.3) is 0 Å². The van der Waals surface area contributed by atoms with E-state index in [2.05, 4.69) is 34.6 Å². The smallest absolute Gasteiger partial charge is 0.0998 e. The number of aliphatic hydroxyl groups excluding tert-OH is 1. The molecule has 2 unspecified atom stereocenters. The molecule has 0 bridgehead atoms. The fourth-order valence-corrected chi connectivity index (χ4v) is 10.3. The van der Waals surface area contributed by atoms with Crippen LogP contribution in [0.2, 0.25) is 0 Å². The highest BCUT2D eigenvalue weighted by atomic mass is 32.2. The fraction of sp³-hybridized carbons (Fsp3) is 1.00. The molecule has 0 spiro atoms. The van der Waals surface area contributed by atoms with Crippen molar-refractivity contribution < 1.29 is 5.11 Å². The molecule has 1 nitrogen and oxygen atoms in total. The molecule has 3 aliphatic carbocycles. The quantitative estimate of drug-likeness (QED) is 0.514. The van der Waals surface area contributed by atoms with Gasteiger partial charge < -0.3 is 5.11 Å². The van der Waals surface area contributed by atoms with Crippen LogP contribution in [0.3, 0.4) is 0 Å². The lowest BCUT2D eigenvalue weighted by Crippen LogP contribution is -2.54. The Morgan fingerprint density at radius 3 is 2.43 bits per heavy atom. The molecule has 1 heterocycles. The van der Waals surface area contributed by atoms with E-state index in [1.54, 1.807) is 0 Å². The fourth-order valence-electron chi connectivity index (χ4n) is 8.81. The van der Waals surface area contributed by atoms with Crippen LogP contribution in [0.4, 0.5) is 0 Å². The van der Waals surface area contributed by atoms with Crippen LogP contribution in [0.5, 0.6) is 0 Å². The van der Waals surface area contributed by atoms with Crippen LogP contribution in [0.15, 0.2) is 0 Å². The van der Waals surface area contributed by atoms with Gasteiger partial charge in [0, 0.05) is 0 Å². The third-order valence-electron chi connectivity index (χ3n) is 10.4. The van der Waals surface area contributed by atoms with Crippen molar-refractivity contribution in [2.45, 2.75) is 104 Å². The van der Waals surface area contributed by atoms with E-state index in [9.17, 15) is 5.11 Å². The van der Waals surface area contributed by atoms with Crippen molar-refractivity contribution in [1.82, 2.24) is 0 Å². The molecular weight excluding hydrogens is 360 g/mol. The van der Waals surface area contributed by atoms with E-state index in [4.69, 9.17) is 0 Å². The highest BCUT2D eigenvalue weighted by Crippen LogP contribution is 2.68. The summed E-state index contributed by atoms with van der Waals surface area (Å²) in [4.78, 5) is 0. The average Bonchev–Trinajstić information content (AvgIpc) is 2.98. The van der Waals surface area contributed by atoms with Crippen molar-refractivity contribution in [3.63, 3.8) is 0 Å². The zero-order valence-electron chi connectivity index (χ0n) is 19.3. The molecular formula is C26H46OS. The summed E-state index contributed by atoms with van der Waals surface area (Å²) in [7, 11) is 0. The van der Waals surface area contributed by atoms with E-state index < -0.39 is 0 Å². The molecule has 1 N–H and O–H groups in total. The van der Waals surface area contributed by atoms with Crippen LogP contribution in [0.1, 0.15) is 98.8 Å². The molecule has 162 valence electrons. The minimum atomic E-state index is -0.106. The molecule has 0 radical (unpaired) electrons. The second-order valence-electron chi connectivity index (χ2n) is 12.2. The highest BCUT2D eigenvalue weighted by Gasteiger charge is 2.60. The Bertz CT molecular complexity index is 547. The maximum Gasteiger partial charge on any atom is 0.0998 e. The van der Waals surface area contributed by atoms with Gasteiger partial charge in [-0.1, -0.05) is 53.9 Å². The summed E-state index contributed by atoms with van der Waals surface area (Å²) >= 11 is 1.83. The topological polar surface area (TPSA) is 20.2 Å². The largest absolute Gasteiger partial charge is 0.382 e. The summed E-state index contributed by atoms with van der Waals surface area (Å²) < 4.78 is 0. The third kappa shape index (κ3) is 3.61. The molecule has 0 aromatic carbocycles. The minimum Gasteiger partial charge on any atom is -0.382 e. The van der Waals surface area contributed by atoms with Crippen molar-refractivity contribution >= 4 is 11.8 Å². The summed E-state index contributed by atoms with van der Waals surface area (Å²) in [6.07, 6.45) is 14.1. The normalized spacial score (nSPS) is 49.4. The molecule has 9 atom stereocenters. The molecule has 1 saturated heterocycles. The van der Waals surface area contributed by atoms with E-state index in [0.717, 1.165) is 47.8 Å². The predicted octanol–water partition coefficient (Wildman–Crippen LogP) is 7.38. The number of fused-ring (bicyclic) bond motifs is 5. The molecule has 28 heavy (non-hydrogen) atoms. The molecule has 0 amide bonds. The van der Waals surface area contributed by atoms with Crippen LogP contribution in [0, 0.1) is 52.3 Å². The molecule has 2 heteroatoms. The van der Waals surface area contributed by atoms with Gasteiger partial charge in [0.15, 0.2) is 0 Å². The van der Waals surface area contributed by atoms with Gasteiger partial charge in [-0.2, -0.15) is 0 Å². The molecule has 0 aromatic heterocycles. The first-order valence-electron chi connectivity index (χ1n) is 12.6. The van der Waals surface area contributed by atoms with Gasteiger partial charge in [0.05, 0.1) is 5.44 Å². The van der Waals surface area contributed by atoms with Crippen LogP contribution < -0.4 is 0 Å². The van der Waals surface area contributed by atoms with E-state index in [1.807, 2.05) is 11.8 Å². The zero-order valence-corrected chi connectivity index (χ0v) is 20.1. The third-order valence-corrected chi connectivity index (χ3v) is 11.5. The van der Waals surface area contributed by atoms with Crippen molar-refractivity contribution in [1.29, 1.82) is 0 Å². The van der Waals surface area contributed by atoms with Crippen molar-refractivity contribution in [2.24, 2.45) is 52.3 Å². The Morgan fingerprint density at radius 2 is 1.68 bits per heavy atom. The molecule has 0 aromatic rings. The summed E-state index contributed by atoms with van der Waals surface area (Å²) in [5.74, 6) is 7.59. The van der Waals surface area contributed by atoms with Gasteiger partial charge in [-0.15, -0.1) is 11.8 Å². The lowest BCUT2D eigenvalue weighted by molar-refractivity contribution is -0.107. The Kier molecular flexibility index (Phi) is 6.23. The molecule has 4 aliphatic rings. The molecule has 4 fully saturated rings. The highest BCUT2D eigenvalue weighted by molar-refractivity contribution is 7.99. The number of hydrogen-bond acceptors (Lipinski definition) is 2. The summed E-state index contributed by atoms with van der Waals surface area (Å²) in [6.45, 7) is 12.6. The van der Waals surface area contributed by atoms with Gasteiger partial charge in [0.25, 0.3) is 0 Å². The van der Waals surface area contributed by atoms with E-state index in [-0.39, 0.29) is 5.44 Å². The molecule has 1 aliphatic heterocycles. The van der Waals surface area contributed by atoms with Gasteiger partial charge in [-0.25, -0.2) is 0 Å². The van der Waals surface area contributed by atoms with Gasteiger partial charge in [-0.05, 0) is 103 Å². The summed E-state index contributed by atoms with van der Waals surface area (Å²) in [5.41, 5.74) is 0.908. The van der Waals surface area contributed by atoms with Gasteiger partial charge in [0.1, 0.15) is 0 Å². The summed E-state index contributed by atoms with van der Waals surface area (Å²) in [6, 6.07) is 0. The van der Waals surface area contributed by atoms with Crippen molar-refractivity contribution in [2.75, 3.05) is 5.75 Å². The molecule has 4 rings (SSSR count). The number of thioether (sulfide) groups is 1. The standard InChI is InChI=1S/C26H46OS/c1-17(2)7-6-8-18(3)21-11-12-22-20-10-9-19-16-28-24(27)15-26(19,5)23(20)13-14-25(21,22)4/h17-24,27H,6-16H2,1-5H3/t18-,19?,20+,21-,22+,23+,24?,25-,26+/m1/s1. The Labute approximate surface area is 179 Å². The van der Waals surface area contributed by atoms with Crippen LogP contribution in [-0.2, 0) is 0 Å². The number of rotatable bonds is 5. The Hall–Kier alpha value is 0.310. The predicted molar refractivity (Wildman–Crippen MR) is 122 cm³/mol. The maximum atomic E-state index is 10.4. The first-order chi connectivity index (χ1) is 13.3. The van der Waals surface area contributed by atoms with E-state index in [1.165, 1.54) is 63.5 Å². The SMILES string of the molecule is CC(C)CCC[C@@H](C)[C@H]1CC[C@H]2[C@@H]3CCC4CSC(O)C[C@]4(C)[C@H]3CC[C@]12C. The number of hydrogen-bond donors (Lipinski definition) is 1. The van der Waals surface area contributed by atoms with E-state index >= 15 is 0 Å². The lowest BCUT2D eigenvalue weighted by Gasteiger charge is -2.61. The van der Waals surface area contributed by atoms with Gasteiger partial charge in [0.2, 0.25) is 0 Å². The van der Waals surface area contributed by atoms with Crippen LogP contribution in [-0.4, -0.2) is 16.3 Å². The maximum absolute atomic E-state index is 10.4. The molecule has 3 saturated carbocycles. The zero-order chi connectivity index (χ0) is 20.1. The average molecular weight is 407 g/mol. The second-order valence-corrected chi connectivity index (χ2v) is 13.4. The minimum absolute atomic E-state index is 0.106. The second kappa shape index (κ2) is 8.10. The first-order valence-corrected chi connectivity index (χ1v) is 13.6.